The quantitative estimate of drug-likeness (QED) is 0.667. The number of rotatable bonds is 2. The number of aliphatic hydroxyl groups is 2. The number of hydrogen-bond acceptors (Lipinski definition) is 3. The van der Waals surface area contributed by atoms with Gasteiger partial charge < -0.3 is 15.3 Å². The van der Waals surface area contributed by atoms with Crippen LogP contribution in [0.5, 0.6) is 0 Å². The topological polar surface area (TPSA) is 77.8 Å². The molecule has 0 saturated heterocycles. The summed E-state index contributed by atoms with van der Waals surface area (Å²) in [4.78, 5) is 11.3. The van der Waals surface area contributed by atoms with Gasteiger partial charge in [-0.2, -0.15) is 0 Å². The smallest absolute Gasteiger partial charge is 0.306 e. The van der Waals surface area contributed by atoms with Gasteiger partial charge in [-0.1, -0.05) is 19.9 Å². The second-order valence-corrected chi connectivity index (χ2v) is 6.42. The molecule has 0 aromatic carbocycles. The van der Waals surface area contributed by atoms with Gasteiger partial charge in [-0.25, -0.2) is 0 Å². The molecule has 1 saturated carbocycles. The number of aliphatic hydroxyl groups excluding tert-OH is 1. The molecule has 4 heteroatoms. The first-order chi connectivity index (χ1) is 8.77. The third kappa shape index (κ3) is 2.32. The van der Waals surface area contributed by atoms with Crippen molar-refractivity contribution in [2.24, 2.45) is 23.7 Å². The molecule has 3 N–H and O–H groups in total. The standard InChI is InChI=1S/C15H24O4/c1-8-4-5-11(10(3)14(17)18)15(19)7-9(2)13(16)6-12(8)15/h7-8,10-13,16,19H,4-6H2,1-3H3,(H,17,18). The second kappa shape index (κ2) is 4.91. The lowest BCUT2D eigenvalue weighted by Crippen LogP contribution is -2.55. The molecule has 4 nitrogen and oxygen atoms in total. The highest BCUT2D eigenvalue weighted by atomic mass is 16.4. The van der Waals surface area contributed by atoms with Gasteiger partial charge in [0.15, 0.2) is 0 Å². The predicted octanol–water partition coefficient (Wildman–Crippen LogP) is 1.81. The Morgan fingerprint density at radius 1 is 1.47 bits per heavy atom. The molecule has 0 amide bonds. The molecule has 0 spiro atoms. The van der Waals surface area contributed by atoms with Crippen LogP contribution in [0.25, 0.3) is 0 Å². The Hall–Kier alpha value is -0.870. The van der Waals surface area contributed by atoms with Gasteiger partial charge in [0.2, 0.25) is 0 Å². The average Bonchev–Trinajstić information content (AvgIpc) is 2.32. The number of hydrogen-bond donors (Lipinski definition) is 3. The Labute approximate surface area is 114 Å². The zero-order valence-electron chi connectivity index (χ0n) is 11.8. The van der Waals surface area contributed by atoms with Crippen LogP contribution in [0, 0.1) is 23.7 Å². The molecule has 0 aromatic rings. The molecule has 19 heavy (non-hydrogen) atoms. The summed E-state index contributed by atoms with van der Waals surface area (Å²) in [5, 5.41) is 30.3. The van der Waals surface area contributed by atoms with Gasteiger partial charge in [-0.15, -0.1) is 0 Å². The van der Waals surface area contributed by atoms with Crippen molar-refractivity contribution in [3.63, 3.8) is 0 Å². The van der Waals surface area contributed by atoms with E-state index in [1.54, 1.807) is 19.9 Å². The Morgan fingerprint density at radius 3 is 2.68 bits per heavy atom. The van der Waals surface area contributed by atoms with Crippen LogP contribution < -0.4 is 0 Å². The Morgan fingerprint density at radius 2 is 2.11 bits per heavy atom. The first kappa shape index (κ1) is 14.5. The van der Waals surface area contributed by atoms with E-state index in [1.165, 1.54) is 0 Å². The normalized spacial score (nSPS) is 44.2. The molecule has 0 radical (unpaired) electrons. The average molecular weight is 268 g/mol. The summed E-state index contributed by atoms with van der Waals surface area (Å²) in [5.74, 6) is -1.44. The van der Waals surface area contributed by atoms with E-state index in [-0.39, 0.29) is 11.8 Å². The van der Waals surface area contributed by atoms with Crippen LogP contribution in [0.15, 0.2) is 11.6 Å². The van der Waals surface area contributed by atoms with Gasteiger partial charge in [-0.3, -0.25) is 4.79 Å². The van der Waals surface area contributed by atoms with Crippen LogP contribution in [-0.2, 0) is 4.79 Å². The summed E-state index contributed by atoms with van der Waals surface area (Å²) in [7, 11) is 0. The fraction of sp³-hybridized carbons (Fsp3) is 0.800. The van der Waals surface area contributed by atoms with Crippen molar-refractivity contribution < 1.29 is 20.1 Å². The molecule has 1 fully saturated rings. The molecule has 6 unspecified atom stereocenters. The SMILES string of the molecule is CC1=CC2(O)C(CC1O)C(C)CCC2C(C)C(=O)O. The summed E-state index contributed by atoms with van der Waals surface area (Å²) < 4.78 is 0. The van der Waals surface area contributed by atoms with Gasteiger partial charge in [0.1, 0.15) is 0 Å². The first-order valence-corrected chi connectivity index (χ1v) is 7.10. The lowest BCUT2D eigenvalue weighted by molar-refractivity contribution is -0.155. The van der Waals surface area contributed by atoms with E-state index in [1.807, 2.05) is 0 Å². The fourth-order valence-electron chi connectivity index (χ4n) is 3.95. The van der Waals surface area contributed by atoms with E-state index in [0.29, 0.717) is 12.3 Å². The third-order valence-electron chi connectivity index (χ3n) is 5.26. The number of aliphatic carboxylic acids is 1. The van der Waals surface area contributed by atoms with Crippen LogP contribution in [0.4, 0.5) is 0 Å². The van der Waals surface area contributed by atoms with Crippen molar-refractivity contribution >= 4 is 5.97 Å². The first-order valence-electron chi connectivity index (χ1n) is 7.10. The van der Waals surface area contributed by atoms with Crippen LogP contribution in [0.3, 0.4) is 0 Å². The molecule has 2 rings (SSSR count). The summed E-state index contributed by atoms with van der Waals surface area (Å²) in [6.45, 7) is 5.56. The maximum Gasteiger partial charge on any atom is 0.306 e. The highest BCUT2D eigenvalue weighted by Gasteiger charge is 2.53. The van der Waals surface area contributed by atoms with Gasteiger partial charge in [-0.05, 0) is 43.6 Å². The summed E-state index contributed by atoms with van der Waals surface area (Å²) in [5.41, 5.74) is -0.325. The van der Waals surface area contributed by atoms with E-state index in [2.05, 4.69) is 6.92 Å². The van der Waals surface area contributed by atoms with E-state index in [9.17, 15) is 20.1 Å². The van der Waals surface area contributed by atoms with Crippen molar-refractivity contribution in [3.8, 4) is 0 Å². The van der Waals surface area contributed by atoms with Crippen molar-refractivity contribution in [1.29, 1.82) is 0 Å². The molecule has 6 atom stereocenters. The van der Waals surface area contributed by atoms with E-state index in [4.69, 9.17) is 0 Å². The molecular weight excluding hydrogens is 244 g/mol. The molecule has 2 aliphatic rings. The minimum atomic E-state index is -1.08. The van der Waals surface area contributed by atoms with Crippen LogP contribution >= 0.6 is 0 Å². The summed E-state index contributed by atoms with van der Waals surface area (Å²) in [6, 6.07) is 0. The largest absolute Gasteiger partial charge is 0.481 e. The van der Waals surface area contributed by atoms with Gasteiger partial charge >= 0.3 is 5.97 Å². The zero-order chi connectivity index (χ0) is 14.4. The molecule has 108 valence electrons. The molecule has 2 aliphatic carbocycles. The maximum atomic E-state index is 11.3. The van der Waals surface area contributed by atoms with Crippen LogP contribution in [0.1, 0.15) is 40.0 Å². The summed E-state index contributed by atoms with van der Waals surface area (Å²) >= 11 is 0. The van der Waals surface area contributed by atoms with Crippen LogP contribution in [-0.4, -0.2) is 33.0 Å². The Kier molecular flexibility index (Phi) is 3.76. The van der Waals surface area contributed by atoms with E-state index >= 15 is 0 Å². The van der Waals surface area contributed by atoms with E-state index < -0.39 is 23.6 Å². The van der Waals surface area contributed by atoms with Crippen molar-refractivity contribution in [2.45, 2.75) is 51.7 Å². The summed E-state index contributed by atoms with van der Waals surface area (Å²) in [6.07, 6.45) is 3.39. The molecular formula is C15H24O4. The zero-order valence-corrected chi connectivity index (χ0v) is 11.8. The lowest BCUT2D eigenvalue weighted by atomic mass is 9.57. The number of carboxylic acid groups (broad SMARTS) is 1. The van der Waals surface area contributed by atoms with Crippen molar-refractivity contribution in [2.75, 3.05) is 0 Å². The minimum absolute atomic E-state index is 0.0493. The van der Waals surface area contributed by atoms with Crippen molar-refractivity contribution in [1.82, 2.24) is 0 Å². The monoisotopic (exact) mass is 268 g/mol. The van der Waals surface area contributed by atoms with Crippen LogP contribution in [0.2, 0.25) is 0 Å². The predicted molar refractivity (Wildman–Crippen MR) is 71.5 cm³/mol. The van der Waals surface area contributed by atoms with E-state index in [0.717, 1.165) is 18.4 Å². The van der Waals surface area contributed by atoms with Gasteiger partial charge in [0.05, 0.1) is 17.6 Å². The highest BCUT2D eigenvalue weighted by molar-refractivity contribution is 5.70. The number of carbonyl (C=O) groups is 1. The molecule has 0 aliphatic heterocycles. The van der Waals surface area contributed by atoms with Gasteiger partial charge in [0, 0.05) is 5.92 Å². The highest BCUT2D eigenvalue weighted by Crippen LogP contribution is 2.50. The van der Waals surface area contributed by atoms with Crippen molar-refractivity contribution in [3.05, 3.63) is 11.6 Å². The second-order valence-electron chi connectivity index (χ2n) is 6.42. The fourth-order valence-corrected chi connectivity index (χ4v) is 3.95. The third-order valence-corrected chi connectivity index (χ3v) is 5.26. The number of carboxylic acids is 1. The Bertz CT molecular complexity index is 403. The lowest BCUT2D eigenvalue weighted by Gasteiger charge is -2.52. The molecule has 0 aromatic heterocycles. The number of fused-ring (bicyclic) bond motifs is 1. The van der Waals surface area contributed by atoms with Gasteiger partial charge in [0.25, 0.3) is 0 Å². The minimum Gasteiger partial charge on any atom is -0.481 e. The maximum absolute atomic E-state index is 11.3. The molecule has 0 heterocycles. The molecule has 0 bridgehead atoms. The Balaban J connectivity index is 2.40.